The summed E-state index contributed by atoms with van der Waals surface area (Å²) < 4.78 is 11.2. The van der Waals surface area contributed by atoms with Gasteiger partial charge in [-0.05, 0) is 49.8 Å². The third kappa shape index (κ3) is 6.95. The number of hydrogen-bond acceptors (Lipinski definition) is 5. The van der Waals surface area contributed by atoms with E-state index in [0.717, 1.165) is 51.6 Å². The molecule has 2 aromatic rings. The van der Waals surface area contributed by atoms with Gasteiger partial charge in [0.2, 0.25) is 0 Å². The van der Waals surface area contributed by atoms with Crippen molar-refractivity contribution in [2.75, 3.05) is 39.4 Å². The van der Waals surface area contributed by atoms with Crippen molar-refractivity contribution in [3.8, 4) is 11.3 Å². The molecule has 0 atom stereocenters. The van der Waals surface area contributed by atoms with E-state index in [2.05, 4.69) is 10.2 Å². The normalized spacial score (nSPS) is 14.2. The van der Waals surface area contributed by atoms with Crippen molar-refractivity contribution in [1.29, 1.82) is 0 Å². The molecule has 1 aliphatic rings. The third-order valence-electron chi connectivity index (χ3n) is 4.37. The van der Waals surface area contributed by atoms with E-state index in [-0.39, 0.29) is 30.4 Å². The van der Waals surface area contributed by atoms with E-state index in [0.29, 0.717) is 22.9 Å². The Bertz CT molecular complexity index is 749. The number of benzene rings is 1. The fourth-order valence-corrected chi connectivity index (χ4v) is 3.14. The first-order chi connectivity index (χ1) is 12.6. The maximum absolute atomic E-state index is 11.1. The highest BCUT2D eigenvalue weighted by Crippen LogP contribution is 2.30. The summed E-state index contributed by atoms with van der Waals surface area (Å²) in [4.78, 5) is 13.5. The molecule has 0 radical (unpaired) electrons. The number of nitrogens with zero attached hydrogens (tertiary/aromatic N) is 1. The van der Waals surface area contributed by atoms with Crippen molar-refractivity contribution in [2.24, 2.45) is 0 Å². The number of aromatic carboxylic acids is 1. The molecule has 9 heteroatoms. The summed E-state index contributed by atoms with van der Waals surface area (Å²) in [6, 6.07) is 8.29. The zero-order chi connectivity index (χ0) is 18.4. The fraction of sp³-hybridized carbons (Fsp3) is 0.421. The lowest BCUT2D eigenvalue weighted by molar-refractivity contribution is 0.0374. The Morgan fingerprint density at radius 3 is 2.64 bits per heavy atom. The number of nitrogens with one attached hydrogen (secondary N) is 1. The Morgan fingerprint density at radius 2 is 1.93 bits per heavy atom. The Morgan fingerprint density at radius 1 is 1.18 bits per heavy atom. The van der Waals surface area contributed by atoms with Gasteiger partial charge in [-0.2, -0.15) is 0 Å². The van der Waals surface area contributed by atoms with E-state index in [1.54, 1.807) is 6.07 Å². The molecule has 0 bridgehead atoms. The molecule has 0 amide bonds. The molecule has 0 unspecified atom stereocenters. The van der Waals surface area contributed by atoms with Gasteiger partial charge in [-0.3, -0.25) is 4.90 Å². The van der Waals surface area contributed by atoms with E-state index >= 15 is 0 Å². The van der Waals surface area contributed by atoms with Crippen molar-refractivity contribution in [3.05, 3.63) is 46.7 Å². The third-order valence-corrected chi connectivity index (χ3v) is 4.70. The minimum absolute atomic E-state index is 0. The highest BCUT2D eigenvalue weighted by Gasteiger charge is 2.13. The van der Waals surface area contributed by atoms with Crippen LogP contribution in [0.3, 0.4) is 0 Å². The van der Waals surface area contributed by atoms with E-state index in [1.807, 2.05) is 12.1 Å². The second-order valence-corrected chi connectivity index (χ2v) is 6.66. The molecule has 28 heavy (non-hydrogen) atoms. The van der Waals surface area contributed by atoms with Gasteiger partial charge in [0.25, 0.3) is 0 Å². The number of rotatable bonds is 8. The van der Waals surface area contributed by atoms with Crippen LogP contribution >= 0.6 is 36.4 Å². The molecule has 156 valence electrons. The molecule has 1 aromatic heterocycles. The Hall–Kier alpha value is -1.28. The monoisotopic (exact) mass is 450 g/mol. The number of halogens is 3. The summed E-state index contributed by atoms with van der Waals surface area (Å²) in [6.07, 6.45) is 1.07. The Balaban J connectivity index is 0.00000196. The van der Waals surface area contributed by atoms with Crippen LogP contribution in [0.4, 0.5) is 0 Å². The average Bonchev–Trinajstić information content (AvgIpc) is 3.11. The lowest BCUT2D eigenvalue weighted by atomic mass is 10.1. The maximum Gasteiger partial charge on any atom is 0.335 e. The molecular formula is C19H25Cl3N2O4. The molecule has 2 heterocycles. The maximum atomic E-state index is 11.1. The Labute approximate surface area is 182 Å². The topological polar surface area (TPSA) is 74.9 Å². The number of carbonyl (C=O) groups is 1. The molecular weight excluding hydrogens is 427 g/mol. The summed E-state index contributed by atoms with van der Waals surface area (Å²) in [6.45, 7) is 6.28. The smallest absolute Gasteiger partial charge is 0.335 e. The van der Waals surface area contributed by atoms with Crippen LogP contribution in [-0.4, -0.2) is 55.4 Å². The molecule has 0 spiro atoms. The van der Waals surface area contributed by atoms with Crippen molar-refractivity contribution >= 4 is 42.4 Å². The standard InChI is InChI=1S/C19H23ClN2O4.2ClH/c20-17-4-2-14(19(23)24)12-16(17)18-5-3-15(26-18)13-21-6-1-7-22-8-10-25-11-9-22;;/h2-5,12,21H,1,6-11,13H2,(H,23,24);2*1H. The van der Waals surface area contributed by atoms with Crippen LogP contribution < -0.4 is 5.32 Å². The van der Waals surface area contributed by atoms with Crippen LogP contribution in [0.5, 0.6) is 0 Å². The van der Waals surface area contributed by atoms with Crippen LogP contribution in [-0.2, 0) is 11.3 Å². The predicted octanol–water partition coefficient (Wildman–Crippen LogP) is 3.95. The number of carboxylic acid groups (broad SMARTS) is 1. The van der Waals surface area contributed by atoms with E-state index in [9.17, 15) is 4.79 Å². The molecule has 0 saturated carbocycles. The lowest BCUT2D eigenvalue weighted by Crippen LogP contribution is -2.37. The van der Waals surface area contributed by atoms with Gasteiger partial charge in [0, 0.05) is 18.7 Å². The highest BCUT2D eigenvalue weighted by atomic mass is 35.5. The molecule has 0 aliphatic carbocycles. The number of morpholine rings is 1. The highest BCUT2D eigenvalue weighted by molar-refractivity contribution is 6.33. The zero-order valence-corrected chi connectivity index (χ0v) is 17.7. The van der Waals surface area contributed by atoms with Crippen molar-refractivity contribution in [1.82, 2.24) is 10.2 Å². The fourth-order valence-electron chi connectivity index (χ4n) is 2.93. The lowest BCUT2D eigenvalue weighted by Gasteiger charge is -2.26. The van der Waals surface area contributed by atoms with Gasteiger partial charge in [-0.25, -0.2) is 4.79 Å². The van der Waals surface area contributed by atoms with Crippen LogP contribution in [0.25, 0.3) is 11.3 Å². The first-order valence-electron chi connectivity index (χ1n) is 8.76. The molecule has 3 rings (SSSR count). The van der Waals surface area contributed by atoms with Crippen molar-refractivity contribution in [3.63, 3.8) is 0 Å². The summed E-state index contributed by atoms with van der Waals surface area (Å²) >= 11 is 6.18. The van der Waals surface area contributed by atoms with Gasteiger partial charge in [0.1, 0.15) is 11.5 Å². The van der Waals surface area contributed by atoms with Crippen LogP contribution in [0, 0.1) is 0 Å². The van der Waals surface area contributed by atoms with Gasteiger partial charge in [-0.15, -0.1) is 24.8 Å². The molecule has 1 aromatic carbocycles. The van der Waals surface area contributed by atoms with Gasteiger partial charge >= 0.3 is 5.97 Å². The summed E-state index contributed by atoms with van der Waals surface area (Å²) in [5, 5.41) is 13.0. The molecule has 1 fully saturated rings. The first kappa shape index (κ1) is 24.8. The van der Waals surface area contributed by atoms with E-state index in [4.69, 9.17) is 25.9 Å². The zero-order valence-electron chi connectivity index (χ0n) is 15.4. The average molecular weight is 452 g/mol. The number of furan rings is 1. The van der Waals surface area contributed by atoms with Gasteiger partial charge in [-0.1, -0.05) is 11.6 Å². The van der Waals surface area contributed by atoms with Crippen molar-refractivity contribution < 1.29 is 19.1 Å². The Kier molecular flexibility index (Phi) is 10.9. The van der Waals surface area contributed by atoms with Gasteiger partial charge in [0.05, 0.1) is 30.3 Å². The number of hydrogen-bond donors (Lipinski definition) is 2. The van der Waals surface area contributed by atoms with Crippen LogP contribution in [0.1, 0.15) is 22.5 Å². The number of ether oxygens (including phenoxy) is 1. The summed E-state index contributed by atoms with van der Waals surface area (Å²) in [5.41, 5.74) is 0.772. The van der Waals surface area contributed by atoms with E-state index in [1.165, 1.54) is 12.1 Å². The second kappa shape index (κ2) is 12.3. The minimum atomic E-state index is -0.989. The predicted molar refractivity (Wildman–Crippen MR) is 114 cm³/mol. The van der Waals surface area contributed by atoms with E-state index < -0.39 is 5.97 Å². The summed E-state index contributed by atoms with van der Waals surface area (Å²) in [7, 11) is 0. The molecule has 1 aliphatic heterocycles. The van der Waals surface area contributed by atoms with Gasteiger partial charge < -0.3 is 19.6 Å². The minimum Gasteiger partial charge on any atom is -0.478 e. The molecule has 1 saturated heterocycles. The van der Waals surface area contributed by atoms with Crippen LogP contribution in [0.15, 0.2) is 34.7 Å². The molecule has 6 nitrogen and oxygen atoms in total. The van der Waals surface area contributed by atoms with Crippen LogP contribution in [0.2, 0.25) is 5.02 Å². The molecule has 2 N–H and O–H groups in total. The van der Waals surface area contributed by atoms with Gasteiger partial charge in [0.15, 0.2) is 0 Å². The SMILES string of the molecule is Cl.Cl.O=C(O)c1ccc(Cl)c(-c2ccc(CNCCCN3CCOCC3)o2)c1. The van der Waals surface area contributed by atoms with Crippen molar-refractivity contribution in [2.45, 2.75) is 13.0 Å². The quantitative estimate of drug-likeness (QED) is 0.592. The largest absolute Gasteiger partial charge is 0.478 e. The summed E-state index contributed by atoms with van der Waals surface area (Å²) in [5.74, 6) is 0.378. The second-order valence-electron chi connectivity index (χ2n) is 6.25. The first-order valence-corrected chi connectivity index (χ1v) is 9.14. The number of carboxylic acids is 1.